The first-order valence-electron chi connectivity index (χ1n) is 11.6. The van der Waals surface area contributed by atoms with Crippen molar-refractivity contribution < 1.29 is 19.0 Å². The smallest absolute Gasteiger partial charge is 0.306 e. The largest absolute Gasteiger partial charge is 0.493 e. The lowest BCUT2D eigenvalue weighted by atomic mass is 9.97. The number of ether oxygens (including phenoxy) is 3. The third kappa shape index (κ3) is 4.25. The van der Waals surface area contributed by atoms with Gasteiger partial charge >= 0.3 is 5.97 Å². The second-order valence-electron chi connectivity index (χ2n) is 8.73. The summed E-state index contributed by atoms with van der Waals surface area (Å²) in [7, 11) is 1.42. The molecule has 0 saturated heterocycles. The van der Waals surface area contributed by atoms with Crippen LogP contribution in [0.3, 0.4) is 0 Å². The van der Waals surface area contributed by atoms with Gasteiger partial charge in [-0.15, -0.1) is 0 Å². The van der Waals surface area contributed by atoms with Gasteiger partial charge in [0.05, 0.1) is 26.7 Å². The number of hydrogen-bond acceptors (Lipinski definition) is 7. The Bertz CT molecular complexity index is 1230. The van der Waals surface area contributed by atoms with Gasteiger partial charge in [-0.1, -0.05) is 18.2 Å². The molecule has 2 aliphatic heterocycles. The lowest BCUT2D eigenvalue weighted by Crippen LogP contribution is -2.30. The summed E-state index contributed by atoms with van der Waals surface area (Å²) in [5.74, 6) is 2.35. The van der Waals surface area contributed by atoms with E-state index in [1.807, 2.05) is 37.3 Å². The van der Waals surface area contributed by atoms with Crippen LogP contribution in [0.4, 0.5) is 17.2 Å². The summed E-state index contributed by atoms with van der Waals surface area (Å²) in [6, 6.07) is 16.5. The van der Waals surface area contributed by atoms with Crippen molar-refractivity contribution in [3.05, 3.63) is 70.9 Å². The third-order valence-electron chi connectivity index (χ3n) is 6.53. The molecule has 7 heteroatoms. The van der Waals surface area contributed by atoms with Crippen LogP contribution in [0.5, 0.6) is 11.5 Å². The lowest BCUT2D eigenvalue weighted by Gasteiger charge is -2.32. The third-order valence-corrected chi connectivity index (χ3v) is 6.53. The minimum atomic E-state index is -0.215. The second kappa shape index (κ2) is 9.25. The summed E-state index contributed by atoms with van der Waals surface area (Å²) in [5, 5.41) is 3.53. The van der Waals surface area contributed by atoms with E-state index in [1.54, 1.807) is 0 Å². The SMILES string of the molecule is COC(=O)CC1COc2cc(NCc3cccc(N4CCOc5ccc(C)nc54)c3C)ccc21. The molecule has 1 unspecified atom stereocenters. The average molecular weight is 460 g/mol. The van der Waals surface area contributed by atoms with Gasteiger partial charge in [-0.25, -0.2) is 4.98 Å². The predicted molar refractivity (Wildman–Crippen MR) is 131 cm³/mol. The van der Waals surface area contributed by atoms with Crippen molar-refractivity contribution in [1.29, 1.82) is 0 Å². The van der Waals surface area contributed by atoms with E-state index in [4.69, 9.17) is 19.2 Å². The van der Waals surface area contributed by atoms with Gasteiger partial charge in [0.1, 0.15) is 12.4 Å². The van der Waals surface area contributed by atoms with Gasteiger partial charge in [0.15, 0.2) is 11.6 Å². The van der Waals surface area contributed by atoms with Crippen molar-refractivity contribution in [2.45, 2.75) is 32.7 Å². The van der Waals surface area contributed by atoms with E-state index in [-0.39, 0.29) is 11.9 Å². The molecule has 1 aromatic heterocycles. The number of nitrogens with one attached hydrogen (secondary N) is 1. The first-order chi connectivity index (χ1) is 16.5. The Morgan fingerprint density at radius 2 is 2.03 bits per heavy atom. The first kappa shape index (κ1) is 22.1. The van der Waals surface area contributed by atoms with E-state index >= 15 is 0 Å². The average Bonchev–Trinajstić information content (AvgIpc) is 3.24. The molecule has 1 atom stereocenters. The summed E-state index contributed by atoms with van der Waals surface area (Å²) < 4.78 is 16.5. The Kier molecular flexibility index (Phi) is 6.01. The van der Waals surface area contributed by atoms with E-state index in [0.717, 1.165) is 46.5 Å². The molecule has 3 aromatic rings. The van der Waals surface area contributed by atoms with Crippen molar-refractivity contribution in [3.63, 3.8) is 0 Å². The van der Waals surface area contributed by atoms with Gasteiger partial charge in [-0.2, -0.15) is 0 Å². The number of hydrogen-bond donors (Lipinski definition) is 1. The van der Waals surface area contributed by atoms with Crippen molar-refractivity contribution in [3.8, 4) is 11.5 Å². The van der Waals surface area contributed by atoms with Crippen LogP contribution in [-0.4, -0.2) is 37.8 Å². The normalized spacial score (nSPS) is 16.2. The molecule has 3 heterocycles. The minimum absolute atomic E-state index is 0.0454. The zero-order valence-corrected chi connectivity index (χ0v) is 19.8. The molecule has 0 amide bonds. The number of anilines is 3. The molecule has 5 rings (SSSR count). The van der Waals surface area contributed by atoms with E-state index < -0.39 is 0 Å². The second-order valence-corrected chi connectivity index (χ2v) is 8.73. The molecule has 0 bridgehead atoms. The standard InChI is InChI=1S/C27H29N3O4/c1-17-7-10-24-27(29-17)30(11-12-33-24)23-6-4-5-19(18(23)2)15-28-21-8-9-22-20(13-26(31)32-3)16-34-25(22)14-21/h4-10,14,20,28H,11-13,15-16H2,1-3H3. The van der Waals surface area contributed by atoms with Gasteiger partial charge < -0.3 is 24.4 Å². The van der Waals surface area contributed by atoms with Crippen LogP contribution in [-0.2, 0) is 16.1 Å². The maximum atomic E-state index is 11.7. The summed E-state index contributed by atoms with van der Waals surface area (Å²) >= 11 is 0. The van der Waals surface area contributed by atoms with Crippen LogP contribution in [0.1, 0.15) is 34.7 Å². The number of fused-ring (bicyclic) bond motifs is 2. The molecular weight excluding hydrogens is 430 g/mol. The minimum Gasteiger partial charge on any atom is -0.493 e. The quantitative estimate of drug-likeness (QED) is 0.527. The number of nitrogens with zero attached hydrogens (tertiary/aromatic N) is 2. The summed E-state index contributed by atoms with van der Waals surface area (Å²) in [6.07, 6.45) is 0.335. The van der Waals surface area contributed by atoms with E-state index in [1.165, 1.54) is 18.2 Å². The molecule has 7 nitrogen and oxygen atoms in total. The van der Waals surface area contributed by atoms with Crippen LogP contribution in [0.15, 0.2) is 48.5 Å². The van der Waals surface area contributed by atoms with Crippen molar-refractivity contribution in [2.24, 2.45) is 0 Å². The number of aromatic nitrogens is 1. The molecule has 0 spiro atoms. The summed E-state index contributed by atoms with van der Waals surface area (Å²) in [6.45, 7) is 6.73. The van der Waals surface area contributed by atoms with Crippen LogP contribution >= 0.6 is 0 Å². The number of pyridine rings is 1. The zero-order valence-electron chi connectivity index (χ0n) is 19.8. The Morgan fingerprint density at radius 1 is 1.15 bits per heavy atom. The molecule has 0 aliphatic carbocycles. The highest BCUT2D eigenvalue weighted by atomic mass is 16.5. The molecule has 0 radical (unpaired) electrons. The van der Waals surface area contributed by atoms with Crippen LogP contribution in [0.2, 0.25) is 0 Å². The number of carbonyl (C=O) groups is 1. The first-order valence-corrected chi connectivity index (χ1v) is 11.6. The maximum absolute atomic E-state index is 11.7. The molecule has 2 aromatic carbocycles. The fourth-order valence-corrected chi connectivity index (χ4v) is 4.61. The molecule has 34 heavy (non-hydrogen) atoms. The summed E-state index contributed by atoms with van der Waals surface area (Å²) in [5.41, 5.74) is 6.58. The molecule has 1 N–H and O–H groups in total. The Morgan fingerprint density at radius 3 is 2.88 bits per heavy atom. The van der Waals surface area contributed by atoms with Crippen LogP contribution in [0.25, 0.3) is 0 Å². The topological polar surface area (TPSA) is 72.9 Å². The van der Waals surface area contributed by atoms with Crippen molar-refractivity contribution in [2.75, 3.05) is 37.1 Å². The Hall–Kier alpha value is -3.74. The van der Waals surface area contributed by atoms with Gasteiger partial charge in [-0.3, -0.25) is 4.79 Å². The number of carbonyl (C=O) groups excluding carboxylic acids is 1. The molecule has 176 valence electrons. The predicted octanol–water partition coefficient (Wildman–Crippen LogP) is 4.88. The van der Waals surface area contributed by atoms with E-state index in [9.17, 15) is 4.79 Å². The van der Waals surface area contributed by atoms with Crippen molar-refractivity contribution in [1.82, 2.24) is 4.98 Å². The van der Waals surface area contributed by atoms with Crippen molar-refractivity contribution >= 4 is 23.2 Å². The maximum Gasteiger partial charge on any atom is 0.306 e. The highest BCUT2D eigenvalue weighted by molar-refractivity contribution is 5.72. The number of benzene rings is 2. The van der Waals surface area contributed by atoms with Crippen LogP contribution < -0.4 is 19.7 Å². The number of aryl methyl sites for hydroxylation is 1. The zero-order chi connectivity index (χ0) is 23.7. The highest BCUT2D eigenvalue weighted by Gasteiger charge is 2.27. The number of rotatable bonds is 6. The van der Waals surface area contributed by atoms with E-state index in [0.29, 0.717) is 26.2 Å². The van der Waals surface area contributed by atoms with Gasteiger partial charge in [0.2, 0.25) is 0 Å². The number of esters is 1. The van der Waals surface area contributed by atoms with Gasteiger partial charge in [0.25, 0.3) is 0 Å². The van der Waals surface area contributed by atoms with Gasteiger partial charge in [-0.05, 0) is 49.2 Å². The van der Waals surface area contributed by atoms with Crippen LogP contribution in [0, 0.1) is 13.8 Å². The Balaban J connectivity index is 1.33. The molecule has 0 fully saturated rings. The lowest BCUT2D eigenvalue weighted by molar-refractivity contribution is -0.141. The van der Waals surface area contributed by atoms with Gasteiger partial charge in [0, 0.05) is 41.2 Å². The fraction of sp³-hybridized carbons (Fsp3) is 0.333. The summed E-state index contributed by atoms with van der Waals surface area (Å²) in [4.78, 5) is 18.6. The Labute approximate surface area is 199 Å². The number of methoxy groups -OCH3 is 1. The highest BCUT2D eigenvalue weighted by Crippen LogP contribution is 2.39. The molecular formula is C27H29N3O4. The van der Waals surface area contributed by atoms with E-state index in [2.05, 4.69) is 35.3 Å². The monoisotopic (exact) mass is 459 g/mol. The molecule has 0 saturated carbocycles. The fourth-order valence-electron chi connectivity index (χ4n) is 4.61. The molecule has 2 aliphatic rings.